The Labute approximate surface area is 117 Å². The fourth-order valence-electron chi connectivity index (χ4n) is 0.701. The first-order valence-corrected chi connectivity index (χ1v) is 6.27. The zero-order valence-electron chi connectivity index (χ0n) is 9.66. The normalized spacial score (nSPS) is 11.5. The van der Waals surface area contributed by atoms with Gasteiger partial charge < -0.3 is 9.47 Å². The van der Waals surface area contributed by atoms with E-state index in [0.29, 0.717) is 0 Å². The first-order chi connectivity index (χ1) is 7.66. The topological polar surface area (TPSA) is 52.6 Å². The van der Waals surface area contributed by atoms with Crippen molar-refractivity contribution in [2.45, 2.75) is 17.3 Å². The number of carbonyl (C=O) groups is 2. The first-order valence-electron chi connectivity index (χ1n) is 4.68. The Morgan fingerprint density at radius 2 is 1.65 bits per heavy atom. The third-order valence-corrected chi connectivity index (χ3v) is 4.40. The number of alkyl halides is 2. The number of hydrogen-bond donors (Lipinski definition) is 0. The number of hydrogen-bond acceptors (Lipinski definition) is 4. The van der Waals surface area contributed by atoms with Crippen molar-refractivity contribution in [2.75, 3.05) is 6.61 Å². The average molecular weight is 370 g/mol. The van der Waals surface area contributed by atoms with Crippen LogP contribution in [0.4, 0.5) is 0 Å². The number of rotatable bonds is 6. The summed E-state index contributed by atoms with van der Waals surface area (Å²) in [7, 11) is 0. The van der Waals surface area contributed by atoms with Crippen molar-refractivity contribution < 1.29 is 19.1 Å². The number of halogens is 2. The zero-order chi connectivity index (χ0) is 13.7. The summed E-state index contributed by atoms with van der Waals surface area (Å²) in [6.07, 6.45) is 2.11. The van der Waals surface area contributed by atoms with E-state index in [2.05, 4.69) is 45.0 Å². The molecule has 0 fully saturated rings. The largest absolute Gasteiger partial charge is 0.462 e. The highest BCUT2D eigenvalue weighted by Gasteiger charge is 2.45. The molecular weight excluding hydrogens is 356 g/mol. The van der Waals surface area contributed by atoms with Crippen LogP contribution in [0.25, 0.3) is 0 Å². The summed E-state index contributed by atoms with van der Waals surface area (Å²) in [4.78, 5) is 22.1. The van der Waals surface area contributed by atoms with Crippen LogP contribution >= 0.6 is 31.9 Å². The van der Waals surface area contributed by atoms with Crippen molar-refractivity contribution >= 4 is 43.8 Å². The van der Waals surface area contributed by atoms with Crippen LogP contribution in [0.2, 0.25) is 0 Å². The SMILES string of the molecule is C=CC(=O)OCC(C)(C)C(Br)(Br)OC(=O)C=C. The van der Waals surface area contributed by atoms with Crippen LogP contribution in [0.3, 0.4) is 0 Å². The summed E-state index contributed by atoms with van der Waals surface area (Å²) in [5.41, 5.74) is -0.690. The van der Waals surface area contributed by atoms with E-state index < -0.39 is 20.8 Å². The van der Waals surface area contributed by atoms with E-state index in [9.17, 15) is 9.59 Å². The molecule has 0 aromatic heterocycles. The molecule has 0 saturated carbocycles. The summed E-state index contributed by atoms with van der Waals surface area (Å²) in [6.45, 7) is 10.1. The molecule has 0 rings (SSSR count). The van der Waals surface area contributed by atoms with E-state index in [1.54, 1.807) is 13.8 Å². The summed E-state index contributed by atoms with van der Waals surface area (Å²) in [5.74, 6) is -1.13. The first kappa shape index (κ1) is 16.4. The Morgan fingerprint density at radius 3 is 2.06 bits per heavy atom. The minimum Gasteiger partial charge on any atom is -0.462 e. The third kappa shape index (κ3) is 5.04. The maximum absolute atomic E-state index is 11.1. The van der Waals surface area contributed by atoms with Crippen LogP contribution in [-0.4, -0.2) is 22.0 Å². The molecule has 0 aliphatic heterocycles. The van der Waals surface area contributed by atoms with Gasteiger partial charge in [-0.05, 0) is 31.9 Å². The van der Waals surface area contributed by atoms with Gasteiger partial charge in [0.05, 0.1) is 5.41 Å². The van der Waals surface area contributed by atoms with E-state index in [0.717, 1.165) is 12.2 Å². The predicted molar refractivity (Wildman–Crippen MR) is 71.8 cm³/mol. The van der Waals surface area contributed by atoms with Crippen LogP contribution in [0.15, 0.2) is 25.3 Å². The van der Waals surface area contributed by atoms with Gasteiger partial charge in [0.2, 0.25) is 3.42 Å². The smallest absolute Gasteiger partial charge is 0.332 e. The molecule has 0 N–H and O–H groups in total. The molecular formula is C11H14Br2O4. The van der Waals surface area contributed by atoms with Gasteiger partial charge in [0.1, 0.15) is 6.61 Å². The Bertz CT molecular complexity index is 334. The van der Waals surface area contributed by atoms with Gasteiger partial charge >= 0.3 is 11.9 Å². The Morgan fingerprint density at radius 1 is 1.18 bits per heavy atom. The van der Waals surface area contributed by atoms with Gasteiger partial charge in [-0.25, -0.2) is 9.59 Å². The molecule has 0 saturated heterocycles. The lowest BCUT2D eigenvalue weighted by atomic mass is 9.96. The Kier molecular flexibility index (Phi) is 6.12. The summed E-state index contributed by atoms with van der Waals surface area (Å²) < 4.78 is 8.85. The monoisotopic (exact) mass is 368 g/mol. The van der Waals surface area contributed by atoms with Gasteiger partial charge in [0.15, 0.2) is 0 Å². The maximum Gasteiger partial charge on any atom is 0.332 e. The molecule has 0 heterocycles. The van der Waals surface area contributed by atoms with Crippen molar-refractivity contribution in [2.24, 2.45) is 5.41 Å². The van der Waals surface area contributed by atoms with E-state index in [-0.39, 0.29) is 6.61 Å². The molecule has 0 unspecified atom stereocenters. The molecule has 6 heteroatoms. The van der Waals surface area contributed by atoms with Gasteiger partial charge in [-0.3, -0.25) is 0 Å². The zero-order valence-corrected chi connectivity index (χ0v) is 12.8. The third-order valence-electron chi connectivity index (χ3n) is 1.93. The summed E-state index contributed by atoms with van der Waals surface area (Å²) in [6, 6.07) is 0. The van der Waals surface area contributed by atoms with Crippen LogP contribution in [0.5, 0.6) is 0 Å². The molecule has 0 spiro atoms. The average Bonchev–Trinajstić information content (AvgIpc) is 2.24. The molecule has 0 aromatic rings. The fraction of sp³-hybridized carbons (Fsp3) is 0.455. The van der Waals surface area contributed by atoms with Crippen molar-refractivity contribution in [1.82, 2.24) is 0 Å². The maximum atomic E-state index is 11.1. The second kappa shape index (κ2) is 6.35. The summed E-state index contributed by atoms with van der Waals surface area (Å²) >= 11 is 6.45. The lowest BCUT2D eigenvalue weighted by molar-refractivity contribution is -0.150. The standard InChI is InChI=1S/C11H14Br2O4/c1-5-8(14)16-7-10(3,4)11(12,13)17-9(15)6-2/h5-6H,1-2,7H2,3-4H3. The molecule has 17 heavy (non-hydrogen) atoms. The van der Waals surface area contributed by atoms with Crippen LogP contribution in [0, 0.1) is 5.41 Å². The molecule has 0 bridgehead atoms. The van der Waals surface area contributed by atoms with Crippen molar-refractivity contribution in [3.05, 3.63) is 25.3 Å². The van der Waals surface area contributed by atoms with Crippen molar-refractivity contribution in [1.29, 1.82) is 0 Å². The van der Waals surface area contributed by atoms with Gasteiger partial charge in [0, 0.05) is 12.2 Å². The molecule has 0 amide bonds. The minimum absolute atomic E-state index is 0.0405. The van der Waals surface area contributed by atoms with Gasteiger partial charge in [-0.15, -0.1) is 0 Å². The van der Waals surface area contributed by atoms with Gasteiger partial charge in [-0.2, -0.15) is 0 Å². The second-order valence-electron chi connectivity index (χ2n) is 3.84. The quantitative estimate of drug-likeness (QED) is 0.410. The molecule has 96 valence electrons. The lowest BCUT2D eigenvalue weighted by Gasteiger charge is -2.36. The highest BCUT2D eigenvalue weighted by molar-refractivity contribution is 9.25. The Balaban J connectivity index is 4.65. The molecule has 0 aliphatic rings. The van der Waals surface area contributed by atoms with E-state index in [4.69, 9.17) is 9.47 Å². The fourth-order valence-corrected chi connectivity index (χ4v) is 1.25. The number of esters is 2. The number of ether oxygens (including phenoxy) is 2. The predicted octanol–water partition coefficient (Wildman–Crippen LogP) is 2.91. The van der Waals surface area contributed by atoms with E-state index in [1.807, 2.05) is 0 Å². The molecule has 4 nitrogen and oxygen atoms in total. The molecule has 0 radical (unpaired) electrons. The van der Waals surface area contributed by atoms with Crippen LogP contribution < -0.4 is 0 Å². The van der Waals surface area contributed by atoms with E-state index in [1.165, 1.54) is 0 Å². The molecule has 0 atom stereocenters. The van der Waals surface area contributed by atoms with Crippen molar-refractivity contribution in [3.63, 3.8) is 0 Å². The van der Waals surface area contributed by atoms with Crippen LogP contribution in [0.1, 0.15) is 13.8 Å². The Hall–Kier alpha value is -0.620. The van der Waals surface area contributed by atoms with Crippen molar-refractivity contribution in [3.8, 4) is 0 Å². The number of carbonyl (C=O) groups excluding carboxylic acids is 2. The lowest BCUT2D eigenvalue weighted by Crippen LogP contribution is -2.41. The molecule has 0 aromatic carbocycles. The van der Waals surface area contributed by atoms with E-state index >= 15 is 0 Å². The highest BCUT2D eigenvalue weighted by Crippen LogP contribution is 2.45. The van der Waals surface area contributed by atoms with Gasteiger partial charge in [-0.1, -0.05) is 27.0 Å². The molecule has 0 aliphatic carbocycles. The highest BCUT2D eigenvalue weighted by atomic mass is 79.9. The minimum atomic E-state index is -1.15. The van der Waals surface area contributed by atoms with Gasteiger partial charge in [0.25, 0.3) is 0 Å². The second-order valence-corrected chi connectivity index (χ2v) is 7.14. The van der Waals surface area contributed by atoms with Crippen LogP contribution in [-0.2, 0) is 19.1 Å². The summed E-state index contributed by atoms with van der Waals surface area (Å²) in [5, 5.41) is 0.